The van der Waals surface area contributed by atoms with E-state index in [4.69, 9.17) is 9.72 Å². The molecule has 0 atom stereocenters. The average Bonchev–Trinajstić information content (AvgIpc) is 2.73. The maximum atomic E-state index is 12.6. The molecule has 0 aliphatic carbocycles. The van der Waals surface area contributed by atoms with Crippen molar-refractivity contribution in [1.29, 1.82) is 0 Å². The van der Waals surface area contributed by atoms with E-state index in [0.717, 1.165) is 33.3 Å². The molecule has 4 aromatic rings. The molecule has 0 aliphatic rings. The van der Waals surface area contributed by atoms with E-state index < -0.39 is 0 Å². The minimum absolute atomic E-state index is 0.0179. The number of ketones is 1. The van der Waals surface area contributed by atoms with Crippen molar-refractivity contribution in [2.75, 3.05) is 6.61 Å². The van der Waals surface area contributed by atoms with Crippen molar-refractivity contribution >= 4 is 16.7 Å². The number of fused-ring (bicyclic) bond motifs is 1. The van der Waals surface area contributed by atoms with Crippen LogP contribution in [0.1, 0.15) is 11.3 Å². The summed E-state index contributed by atoms with van der Waals surface area (Å²) in [6.07, 6.45) is 3.74. The zero-order valence-corrected chi connectivity index (χ0v) is 15.6. The zero-order chi connectivity index (χ0) is 19.3. The number of benzene rings is 2. The second-order valence-corrected chi connectivity index (χ2v) is 6.73. The van der Waals surface area contributed by atoms with E-state index in [-0.39, 0.29) is 18.8 Å². The summed E-state index contributed by atoms with van der Waals surface area (Å²) in [7, 11) is 0. The van der Waals surface area contributed by atoms with E-state index in [0.29, 0.717) is 5.75 Å². The monoisotopic (exact) mass is 368 g/mol. The number of carbonyl (C=O) groups excluding carboxylic acids is 1. The first-order chi connectivity index (χ1) is 13.7. The van der Waals surface area contributed by atoms with Crippen LogP contribution in [0.3, 0.4) is 0 Å². The third-order valence-corrected chi connectivity index (χ3v) is 4.56. The summed E-state index contributed by atoms with van der Waals surface area (Å²) in [6, 6.07) is 21.5. The van der Waals surface area contributed by atoms with Crippen LogP contribution in [0.2, 0.25) is 0 Å². The lowest BCUT2D eigenvalue weighted by Gasteiger charge is -2.11. The third kappa shape index (κ3) is 4.07. The maximum absolute atomic E-state index is 12.6. The molecule has 4 heteroatoms. The molecule has 0 unspecified atom stereocenters. The number of ether oxygens (including phenoxy) is 1. The van der Waals surface area contributed by atoms with Gasteiger partial charge in [0.1, 0.15) is 12.4 Å². The SMILES string of the molecule is Cc1ccc(OCC(=O)Cc2nc3ccccc3cc2-c2cccnc2)cc1. The number of para-hydroxylation sites is 1. The Hall–Kier alpha value is -3.53. The van der Waals surface area contributed by atoms with Gasteiger partial charge in [0.2, 0.25) is 0 Å². The van der Waals surface area contributed by atoms with Crippen molar-refractivity contribution in [3.05, 3.63) is 90.4 Å². The topological polar surface area (TPSA) is 52.1 Å². The lowest BCUT2D eigenvalue weighted by Crippen LogP contribution is -2.15. The molecule has 0 amide bonds. The van der Waals surface area contributed by atoms with Crippen LogP contribution in [0.5, 0.6) is 5.75 Å². The van der Waals surface area contributed by atoms with Crippen molar-refractivity contribution in [2.24, 2.45) is 0 Å². The number of aryl methyl sites for hydroxylation is 1. The van der Waals surface area contributed by atoms with Gasteiger partial charge < -0.3 is 4.74 Å². The quantitative estimate of drug-likeness (QED) is 0.491. The summed E-state index contributed by atoms with van der Waals surface area (Å²) in [5.74, 6) is 0.673. The number of hydrogen-bond acceptors (Lipinski definition) is 4. The number of pyridine rings is 2. The Kier molecular flexibility index (Phi) is 5.11. The molecule has 4 rings (SSSR count). The summed E-state index contributed by atoms with van der Waals surface area (Å²) in [4.78, 5) is 21.6. The summed E-state index contributed by atoms with van der Waals surface area (Å²) in [6.45, 7) is 2.03. The Bertz CT molecular complexity index is 1110. The molecule has 0 aliphatic heterocycles. The van der Waals surface area contributed by atoms with E-state index in [2.05, 4.69) is 11.1 Å². The fourth-order valence-electron chi connectivity index (χ4n) is 3.10. The Labute approximate surface area is 163 Å². The van der Waals surface area contributed by atoms with Crippen LogP contribution in [-0.4, -0.2) is 22.4 Å². The minimum atomic E-state index is -0.0199. The molecule has 2 aromatic heterocycles. The van der Waals surface area contributed by atoms with Crippen LogP contribution in [-0.2, 0) is 11.2 Å². The molecular formula is C24H20N2O2. The molecule has 2 heterocycles. The van der Waals surface area contributed by atoms with Crippen LogP contribution in [0, 0.1) is 6.92 Å². The van der Waals surface area contributed by atoms with Gasteiger partial charge in [-0.15, -0.1) is 0 Å². The largest absolute Gasteiger partial charge is 0.486 e. The van der Waals surface area contributed by atoms with Gasteiger partial charge in [0.15, 0.2) is 5.78 Å². The van der Waals surface area contributed by atoms with Crippen LogP contribution in [0.4, 0.5) is 0 Å². The van der Waals surface area contributed by atoms with Crippen LogP contribution < -0.4 is 4.74 Å². The molecule has 2 aromatic carbocycles. The number of hydrogen-bond donors (Lipinski definition) is 0. The highest BCUT2D eigenvalue weighted by Gasteiger charge is 2.14. The van der Waals surface area contributed by atoms with E-state index in [1.807, 2.05) is 67.6 Å². The molecule has 0 N–H and O–H groups in total. The van der Waals surface area contributed by atoms with E-state index >= 15 is 0 Å². The van der Waals surface area contributed by atoms with Gasteiger partial charge in [0.05, 0.1) is 17.6 Å². The summed E-state index contributed by atoms with van der Waals surface area (Å²) < 4.78 is 5.64. The van der Waals surface area contributed by atoms with Gasteiger partial charge in [-0.2, -0.15) is 0 Å². The first-order valence-corrected chi connectivity index (χ1v) is 9.19. The second-order valence-electron chi connectivity index (χ2n) is 6.73. The first-order valence-electron chi connectivity index (χ1n) is 9.19. The Morgan fingerprint density at radius 2 is 1.82 bits per heavy atom. The maximum Gasteiger partial charge on any atom is 0.176 e. The van der Waals surface area contributed by atoms with Crippen molar-refractivity contribution in [3.8, 4) is 16.9 Å². The van der Waals surface area contributed by atoms with Gasteiger partial charge in [-0.1, -0.05) is 42.0 Å². The molecule has 0 saturated heterocycles. The second kappa shape index (κ2) is 8.01. The van der Waals surface area contributed by atoms with Gasteiger partial charge in [-0.05, 0) is 37.3 Å². The number of aromatic nitrogens is 2. The van der Waals surface area contributed by atoms with E-state index in [1.165, 1.54) is 0 Å². The molecule has 0 fully saturated rings. The van der Waals surface area contributed by atoms with Crippen molar-refractivity contribution < 1.29 is 9.53 Å². The number of Topliss-reactive ketones (excluding diaryl/α,β-unsaturated/α-hetero) is 1. The molecule has 0 bridgehead atoms. The minimum Gasteiger partial charge on any atom is -0.486 e. The normalized spacial score (nSPS) is 10.8. The standard InChI is InChI=1S/C24H20N2O2/c1-17-8-10-21(11-9-17)28-16-20(27)14-24-22(19-6-4-12-25-15-19)13-18-5-2-3-7-23(18)26-24/h2-13,15H,14,16H2,1H3. The van der Waals surface area contributed by atoms with E-state index in [9.17, 15) is 4.79 Å². The summed E-state index contributed by atoms with van der Waals surface area (Å²) >= 11 is 0. The lowest BCUT2D eigenvalue weighted by molar-refractivity contribution is -0.120. The number of carbonyl (C=O) groups is 1. The van der Waals surface area contributed by atoms with Gasteiger partial charge in [0.25, 0.3) is 0 Å². The van der Waals surface area contributed by atoms with Gasteiger partial charge in [-0.25, -0.2) is 0 Å². The zero-order valence-electron chi connectivity index (χ0n) is 15.6. The number of nitrogens with zero attached hydrogens (tertiary/aromatic N) is 2. The molecule has 0 spiro atoms. The Balaban J connectivity index is 1.59. The third-order valence-electron chi connectivity index (χ3n) is 4.56. The summed E-state index contributed by atoms with van der Waals surface area (Å²) in [5, 5.41) is 1.04. The molecule has 28 heavy (non-hydrogen) atoms. The van der Waals surface area contributed by atoms with Crippen LogP contribution in [0.25, 0.3) is 22.0 Å². The van der Waals surface area contributed by atoms with Crippen molar-refractivity contribution in [1.82, 2.24) is 9.97 Å². The highest BCUT2D eigenvalue weighted by molar-refractivity contribution is 5.89. The van der Waals surface area contributed by atoms with Crippen molar-refractivity contribution in [2.45, 2.75) is 13.3 Å². The lowest BCUT2D eigenvalue weighted by atomic mass is 10.00. The van der Waals surface area contributed by atoms with Gasteiger partial charge in [-0.3, -0.25) is 14.8 Å². The van der Waals surface area contributed by atoms with Crippen molar-refractivity contribution in [3.63, 3.8) is 0 Å². The molecule has 0 radical (unpaired) electrons. The molecule has 138 valence electrons. The highest BCUT2D eigenvalue weighted by Crippen LogP contribution is 2.26. The van der Waals surface area contributed by atoms with Crippen LogP contribution >= 0.6 is 0 Å². The van der Waals surface area contributed by atoms with Gasteiger partial charge in [0, 0.05) is 28.9 Å². The fourth-order valence-corrected chi connectivity index (χ4v) is 3.10. The van der Waals surface area contributed by atoms with Crippen LogP contribution in [0.15, 0.2) is 79.1 Å². The Morgan fingerprint density at radius 1 is 1.00 bits per heavy atom. The highest BCUT2D eigenvalue weighted by atomic mass is 16.5. The molecular weight excluding hydrogens is 348 g/mol. The molecule has 0 saturated carbocycles. The predicted octanol–water partition coefficient (Wildman–Crippen LogP) is 4.80. The van der Waals surface area contributed by atoms with E-state index in [1.54, 1.807) is 12.4 Å². The fraction of sp³-hybridized carbons (Fsp3) is 0.125. The number of rotatable bonds is 6. The molecule has 4 nitrogen and oxygen atoms in total. The summed E-state index contributed by atoms with van der Waals surface area (Å²) in [5.41, 5.74) is 4.64. The van der Waals surface area contributed by atoms with Gasteiger partial charge >= 0.3 is 0 Å². The predicted molar refractivity (Wildman–Crippen MR) is 110 cm³/mol. The average molecular weight is 368 g/mol. The first kappa shape index (κ1) is 17.9. The Morgan fingerprint density at radius 3 is 2.61 bits per heavy atom. The smallest absolute Gasteiger partial charge is 0.176 e.